The molecular weight excluding hydrogens is 459 g/mol. The van der Waals surface area contributed by atoms with Crippen LogP contribution >= 0.6 is 0 Å². The lowest BCUT2D eigenvalue weighted by atomic mass is 10.0. The van der Waals surface area contributed by atoms with Gasteiger partial charge in [-0.3, -0.25) is 4.79 Å². The van der Waals surface area contributed by atoms with E-state index < -0.39 is 12.1 Å². The Balaban J connectivity index is 1.64. The largest absolute Gasteiger partial charge is 0.573 e. The molecule has 1 heterocycles. The fourth-order valence-electron chi connectivity index (χ4n) is 3.32. The first-order valence-electron chi connectivity index (χ1n) is 10.6. The molecule has 0 atom stereocenters. The molecule has 0 amide bonds. The van der Waals surface area contributed by atoms with Crippen LogP contribution in [-0.4, -0.2) is 17.6 Å². The third kappa shape index (κ3) is 6.60. The van der Waals surface area contributed by atoms with Crippen LogP contribution in [0, 0.1) is 0 Å². The standard InChI is InChI=1S/C27H20F3NO4/c28-27(29,30)35-24-13-11-21(15-22(24)16-32)23-12-14-25(33-17-19-7-3-1-4-8-19)31-26(23)34-18-20-9-5-2-6-10-20/h1-16H,17-18H2. The number of carbonyl (C=O) groups is 1. The Hall–Kier alpha value is -4.33. The minimum absolute atomic E-state index is 0.207. The Morgan fingerprint density at radius 1 is 0.771 bits per heavy atom. The molecule has 0 aliphatic heterocycles. The van der Waals surface area contributed by atoms with Gasteiger partial charge >= 0.3 is 6.36 Å². The third-order valence-electron chi connectivity index (χ3n) is 4.96. The lowest BCUT2D eigenvalue weighted by Gasteiger charge is -2.15. The van der Waals surface area contributed by atoms with E-state index in [4.69, 9.17) is 9.47 Å². The summed E-state index contributed by atoms with van der Waals surface area (Å²) in [6, 6.07) is 26.1. The van der Waals surface area contributed by atoms with E-state index >= 15 is 0 Å². The Kier molecular flexibility index (Phi) is 7.30. The molecule has 0 radical (unpaired) electrons. The molecule has 8 heteroatoms. The van der Waals surface area contributed by atoms with Gasteiger partial charge in [0.05, 0.1) is 5.56 Å². The second-order valence-corrected chi connectivity index (χ2v) is 7.47. The molecule has 0 aliphatic rings. The summed E-state index contributed by atoms with van der Waals surface area (Å²) in [6.07, 6.45) is -4.61. The van der Waals surface area contributed by atoms with Gasteiger partial charge in [0.1, 0.15) is 19.0 Å². The number of aldehydes is 1. The molecule has 3 aromatic carbocycles. The van der Waals surface area contributed by atoms with Crippen LogP contribution in [0.15, 0.2) is 91.0 Å². The van der Waals surface area contributed by atoms with Gasteiger partial charge < -0.3 is 14.2 Å². The van der Waals surface area contributed by atoms with Gasteiger partial charge in [-0.1, -0.05) is 66.7 Å². The minimum Gasteiger partial charge on any atom is -0.473 e. The first kappa shape index (κ1) is 23.8. The summed E-state index contributed by atoms with van der Waals surface area (Å²) in [6.45, 7) is 0.503. The van der Waals surface area contributed by atoms with E-state index in [1.54, 1.807) is 12.1 Å². The fourth-order valence-corrected chi connectivity index (χ4v) is 3.32. The van der Waals surface area contributed by atoms with Crippen molar-refractivity contribution in [3.63, 3.8) is 0 Å². The van der Waals surface area contributed by atoms with Gasteiger partial charge in [-0.2, -0.15) is 4.98 Å². The van der Waals surface area contributed by atoms with Crippen molar-refractivity contribution in [2.75, 3.05) is 0 Å². The van der Waals surface area contributed by atoms with E-state index in [2.05, 4.69) is 9.72 Å². The quantitative estimate of drug-likeness (QED) is 0.253. The zero-order chi connectivity index (χ0) is 24.7. The van der Waals surface area contributed by atoms with Crippen molar-refractivity contribution in [3.8, 4) is 28.6 Å². The molecule has 0 aliphatic carbocycles. The molecular formula is C27H20F3NO4. The summed E-state index contributed by atoms with van der Waals surface area (Å²) >= 11 is 0. The smallest absolute Gasteiger partial charge is 0.473 e. The predicted molar refractivity (Wildman–Crippen MR) is 123 cm³/mol. The van der Waals surface area contributed by atoms with E-state index in [-0.39, 0.29) is 18.1 Å². The number of nitrogens with zero attached hydrogens (tertiary/aromatic N) is 1. The number of benzene rings is 3. The maximum atomic E-state index is 12.7. The first-order chi connectivity index (χ1) is 16.9. The molecule has 0 spiro atoms. The fraction of sp³-hybridized carbons (Fsp3) is 0.111. The van der Waals surface area contributed by atoms with Crippen molar-refractivity contribution >= 4 is 6.29 Å². The zero-order valence-corrected chi connectivity index (χ0v) is 18.4. The van der Waals surface area contributed by atoms with Crippen molar-refractivity contribution in [2.45, 2.75) is 19.6 Å². The monoisotopic (exact) mass is 479 g/mol. The highest BCUT2D eigenvalue weighted by molar-refractivity contribution is 5.83. The number of halogens is 3. The molecule has 4 rings (SSSR count). The lowest BCUT2D eigenvalue weighted by molar-refractivity contribution is -0.274. The normalized spacial score (nSPS) is 11.1. The molecule has 1 aromatic heterocycles. The second kappa shape index (κ2) is 10.7. The van der Waals surface area contributed by atoms with Gasteiger partial charge in [-0.15, -0.1) is 13.2 Å². The maximum absolute atomic E-state index is 12.7. The van der Waals surface area contributed by atoms with Crippen molar-refractivity contribution in [3.05, 3.63) is 108 Å². The van der Waals surface area contributed by atoms with E-state index in [1.807, 2.05) is 60.7 Å². The SMILES string of the molecule is O=Cc1cc(-c2ccc(OCc3ccccc3)nc2OCc2ccccc2)ccc1OC(F)(F)F. The highest BCUT2D eigenvalue weighted by Crippen LogP contribution is 2.35. The summed E-state index contributed by atoms with van der Waals surface area (Å²) in [5.41, 5.74) is 2.53. The van der Waals surface area contributed by atoms with E-state index in [1.165, 1.54) is 12.1 Å². The Morgan fingerprint density at radius 2 is 1.40 bits per heavy atom. The van der Waals surface area contributed by atoms with Crippen LogP contribution in [0.25, 0.3) is 11.1 Å². The number of aromatic nitrogens is 1. The van der Waals surface area contributed by atoms with Crippen molar-refractivity contribution in [2.24, 2.45) is 0 Å². The summed E-state index contributed by atoms with van der Waals surface area (Å²) in [7, 11) is 0. The van der Waals surface area contributed by atoms with Crippen LogP contribution in [-0.2, 0) is 13.2 Å². The average Bonchev–Trinajstić information content (AvgIpc) is 2.87. The number of pyridine rings is 1. The average molecular weight is 479 g/mol. The molecule has 4 aromatic rings. The third-order valence-corrected chi connectivity index (χ3v) is 4.96. The zero-order valence-electron chi connectivity index (χ0n) is 18.4. The van der Waals surface area contributed by atoms with Crippen LogP contribution in [0.3, 0.4) is 0 Å². The molecule has 0 fully saturated rings. The molecule has 35 heavy (non-hydrogen) atoms. The maximum Gasteiger partial charge on any atom is 0.573 e. The van der Waals surface area contributed by atoms with Crippen molar-refractivity contribution in [1.82, 2.24) is 4.98 Å². The van der Waals surface area contributed by atoms with Gasteiger partial charge in [0, 0.05) is 11.6 Å². The van der Waals surface area contributed by atoms with Gasteiger partial charge in [0.2, 0.25) is 11.8 Å². The Bertz CT molecular complexity index is 1280. The Morgan fingerprint density at radius 3 is 2.00 bits per heavy atom. The number of ether oxygens (including phenoxy) is 3. The predicted octanol–water partition coefficient (Wildman–Crippen LogP) is 6.62. The van der Waals surface area contributed by atoms with Gasteiger partial charge in [-0.25, -0.2) is 0 Å². The van der Waals surface area contributed by atoms with Gasteiger partial charge in [0.15, 0.2) is 6.29 Å². The summed E-state index contributed by atoms with van der Waals surface area (Å²) in [4.78, 5) is 15.9. The minimum atomic E-state index is -4.91. The van der Waals surface area contributed by atoms with Crippen molar-refractivity contribution < 1.29 is 32.2 Å². The summed E-state index contributed by atoms with van der Waals surface area (Å²) in [5, 5.41) is 0. The molecule has 0 saturated heterocycles. The molecule has 178 valence electrons. The molecule has 5 nitrogen and oxygen atoms in total. The molecule has 0 bridgehead atoms. The van der Waals surface area contributed by atoms with Gasteiger partial charge in [-0.05, 0) is 34.9 Å². The van der Waals surface area contributed by atoms with Crippen LogP contribution < -0.4 is 14.2 Å². The second-order valence-electron chi connectivity index (χ2n) is 7.47. The number of hydrogen-bond acceptors (Lipinski definition) is 5. The summed E-state index contributed by atoms with van der Waals surface area (Å²) in [5.74, 6) is -0.0622. The van der Waals surface area contributed by atoms with Crippen molar-refractivity contribution in [1.29, 1.82) is 0 Å². The topological polar surface area (TPSA) is 57.7 Å². The van der Waals surface area contributed by atoms with Crippen LogP contribution in [0.1, 0.15) is 21.5 Å². The number of alkyl halides is 3. The van der Waals surface area contributed by atoms with E-state index in [0.717, 1.165) is 17.2 Å². The van der Waals surface area contributed by atoms with E-state index in [0.29, 0.717) is 29.9 Å². The summed E-state index contributed by atoms with van der Waals surface area (Å²) < 4.78 is 53.7. The molecule has 0 unspecified atom stereocenters. The number of rotatable bonds is 9. The lowest BCUT2D eigenvalue weighted by Crippen LogP contribution is -2.18. The van der Waals surface area contributed by atoms with Crippen LogP contribution in [0.4, 0.5) is 13.2 Å². The van der Waals surface area contributed by atoms with E-state index in [9.17, 15) is 18.0 Å². The van der Waals surface area contributed by atoms with Crippen LogP contribution in [0.5, 0.6) is 17.5 Å². The van der Waals surface area contributed by atoms with Gasteiger partial charge in [0.25, 0.3) is 0 Å². The highest BCUT2D eigenvalue weighted by Gasteiger charge is 2.32. The number of hydrogen-bond donors (Lipinski definition) is 0. The Labute approximate surface area is 199 Å². The molecule has 0 N–H and O–H groups in total. The first-order valence-corrected chi connectivity index (χ1v) is 10.6. The van der Waals surface area contributed by atoms with Crippen LogP contribution in [0.2, 0.25) is 0 Å². The number of carbonyl (C=O) groups excluding carboxylic acids is 1. The highest BCUT2D eigenvalue weighted by atomic mass is 19.4. The molecule has 0 saturated carbocycles.